The highest BCUT2D eigenvalue weighted by atomic mass is 32.1. The van der Waals surface area contributed by atoms with Gasteiger partial charge in [0.25, 0.3) is 0 Å². The summed E-state index contributed by atoms with van der Waals surface area (Å²) in [6, 6.07) is 5.84. The molecule has 2 heterocycles. The van der Waals surface area contributed by atoms with Crippen molar-refractivity contribution in [2.75, 3.05) is 6.54 Å². The van der Waals surface area contributed by atoms with Crippen molar-refractivity contribution in [2.45, 2.75) is 18.9 Å². The van der Waals surface area contributed by atoms with Crippen molar-refractivity contribution in [1.29, 1.82) is 0 Å². The van der Waals surface area contributed by atoms with Gasteiger partial charge < -0.3 is 5.32 Å². The third-order valence-corrected chi connectivity index (χ3v) is 4.18. The number of aromatic nitrogens is 1. The van der Waals surface area contributed by atoms with Crippen LogP contribution in [0.3, 0.4) is 0 Å². The third-order valence-electron chi connectivity index (χ3n) is 3.22. The molecule has 0 spiro atoms. The lowest BCUT2D eigenvalue weighted by atomic mass is 10.1. The van der Waals surface area contributed by atoms with Crippen LogP contribution < -0.4 is 5.32 Å². The van der Waals surface area contributed by atoms with Gasteiger partial charge in [0.05, 0.1) is 6.04 Å². The van der Waals surface area contributed by atoms with E-state index in [0.29, 0.717) is 11.3 Å². The zero-order valence-corrected chi connectivity index (χ0v) is 11.0. The highest BCUT2D eigenvalue weighted by molar-refractivity contribution is 7.10. The Morgan fingerprint density at radius 2 is 2.16 bits per heavy atom. The molecule has 0 aliphatic carbocycles. The predicted molar refractivity (Wildman–Crippen MR) is 71.9 cm³/mol. The molecule has 3 rings (SSSR count). The Morgan fingerprint density at radius 1 is 1.37 bits per heavy atom. The van der Waals surface area contributed by atoms with Crippen molar-refractivity contribution in [3.8, 4) is 0 Å². The van der Waals surface area contributed by atoms with Crippen molar-refractivity contribution >= 4 is 17.1 Å². The molecule has 19 heavy (non-hydrogen) atoms. The van der Waals surface area contributed by atoms with Gasteiger partial charge in [-0.3, -0.25) is 4.79 Å². The van der Waals surface area contributed by atoms with Crippen LogP contribution in [0.5, 0.6) is 0 Å². The maximum atomic E-state index is 12.8. The molecule has 0 saturated carbocycles. The van der Waals surface area contributed by atoms with Gasteiger partial charge in [0.1, 0.15) is 16.5 Å². The maximum Gasteiger partial charge on any atom is 0.212 e. The molecule has 2 aromatic rings. The topological polar surface area (TPSA) is 42.0 Å². The van der Waals surface area contributed by atoms with Gasteiger partial charge in [-0.15, -0.1) is 11.3 Å². The summed E-state index contributed by atoms with van der Waals surface area (Å²) in [7, 11) is 0. The molecule has 1 aliphatic heterocycles. The van der Waals surface area contributed by atoms with Crippen LogP contribution in [0.2, 0.25) is 0 Å². The smallest absolute Gasteiger partial charge is 0.212 e. The average Bonchev–Trinajstić information content (AvgIpc) is 3.10. The number of carbonyl (C=O) groups is 1. The minimum Gasteiger partial charge on any atom is -0.308 e. The monoisotopic (exact) mass is 276 g/mol. The Balaban J connectivity index is 1.82. The molecule has 0 radical (unpaired) electrons. The first-order valence-corrected chi connectivity index (χ1v) is 7.11. The Labute approximate surface area is 114 Å². The number of hydrogen-bond donors (Lipinski definition) is 1. The second-order valence-corrected chi connectivity index (χ2v) is 5.45. The van der Waals surface area contributed by atoms with E-state index in [1.165, 1.54) is 35.6 Å². The van der Waals surface area contributed by atoms with Crippen LogP contribution in [-0.2, 0) is 0 Å². The van der Waals surface area contributed by atoms with Crippen LogP contribution >= 0.6 is 11.3 Å². The Hall–Kier alpha value is -1.59. The van der Waals surface area contributed by atoms with E-state index in [4.69, 9.17) is 0 Å². The van der Waals surface area contributed by atoms with Crippen molar-refractivity contribution < 1.29 is 9.18 Å². The van der Waals surface area contributed by atoms with Crippen LogP contribution in [0, 0.1) is 5.82 Å². The molecule has 0 amide bonds. The summed E-state index contributed by atoms with van der Waals surface area (Å²) in [5.41, 5.74) is 0.915. The molecule has 1 unspecified atom stereocenters. The van der Waals surface area contributed by atoms with Crippen molar-refractivity contribution in [3.05, 3.63) is 51.7 Å². The summed E-state index contributed by atoms with van der Waals surface area (Å²) < 4.78 is 12.8. The van der Waals surface area contributed by atoms with E-state index in [9.17, 15) is 9.18 Å². The lowest BCUT2D eigenvalue weighted by Crippen LogP contribution is -2.13. The van der Waals surface area contributed by atoms with Crippen LogP contribution in [0.4, 0.5) is 4.39 Å². The van der Waals surface area contributed by atoms with Gasteiger partial charge in [0, 0.05) is 10.9 Å². The summed E-state index contributed by atoms with van der Waals surface area (Å²) in [5.74, 6) is -0.494. The fourth-order valence-electron chi connectivity index (χ4n) is 2.20. The average molecular weight is 276 g/mol. The largest absolute Gasteiger partial charge is 0.308 e. The highest BCUT2D eigenvalue weighted by Crippen LogP contribution is 2.26. The summed E-state index contributed by atoms with van der Waals surface area (Å²) in [4.78, 5) is 16.6. The Morgan fingerprint density at radius 3 is 2.84 bits per heavy atom. The third kappa shape index (κ3) is 2.57. The minimum absolute atomic E-state index is 0.152. The van der Waals surface area contributed by atoms with Gasteiger partial charge in [-0.25, -0.2) is 9.37 Å². The van der Waals surface area contributed by atoms with Crippen molar-refractivity contribution in [1.82, 2.24) is 10.3 Å². The van der Waals surface area contributed by atoms with Gasteiger partial charge >= 0.3 is 0 Å². The van der Waals surface area contributed by atoms with E-state index in [1.807, 2.05) is 0 Å². The number of carbonyl (C=O) groups excluding carboxylic acids is 1. The van der Waals surface area contributed by atoms with E-state index in [0.717, 1.165) is 24.4 Å². The van der Waals surface area contributed by atoms with Gasteiger partial charge in [-0.2, -0.15) is 0 Å². The second kappa shape index (κ2) is 5.19. The molecule has 1 fully saturated rings. The molecule has 3 nitrogen and oxygen atoms in total. The van der Waals surface area contributed by atoms with Crippen LogP contribution in [0.15, 0.2) is 29.6 Å². The first-order valence-electron chi connectivity index (χ1n) is 6.23. The summed E-state index contributed by atoms with van der Waals surface area (Å²) in [5, 5.41) is 6.10. The number of nitrogens with one attached hydrogen (secondary N) is 1. The molecule has 1 N–H and O–H groups in total. The van der Waals surface area contributed by atoms with Gasteiger partial charge in [-0.1, -0.05) is 0 Å². The number of thiazole rings is 1. The quantitative estimate of drug-likeness (QED) is 0.876. The molecule has 1 aromatic carbocycles. The molecule has 98 valence electrons. The highest BCUT2D eigenvalue weighted by Gasteiger charge is 2.21. The lowest BCUT2D eigenvalue weighted by molar-refractivity contribution is 0.103. The first-order chi connectivity index (χ1) is 9.24. The van der Waals surface area contributed by atoms with E-state index < -0.39 is 0 Å². The van der Waals surface area contributed by atoms with E-state index in [1.54, 1.807) is 5.38 Å². The second-order valence-electron chi connectivity index (χ2n) is 4.56. The summed E-state index contributed by atoms with van der Waals surface area (Å²) in [6.07, 6.45) is 2.21. The first kappa shape index (κ1) is 12.4. The van der Waals surface area contributed by atoms with E-state index in [2.05, 4.69) is 10.3 Å². The zero-order valence-electron chi connectivity index (χ0n) is 10.2. The molecule has 1 aromatic heterocycles. The standard InChI is InChI=1S/C14H13FN2OS/c15-10-5-3-9(4-6-10)13(18)12-8-19-14(17-12)11-2-1-7-16-11/h3-6,8,11,16H,1-2,7H2. The Bertz CT molecular complexity index is 588. The predicted octanol–water partition coefficient (Wildman–Crippen LogP) is 2.94. The molecule has 1 aliphatic rings. The Kier molecular flexibility index (Phi) is 3.40. The molecular weight excluding hydrogens is 263 g/mol. The van der Waals surface area contributed by atoms with Crippen LogP contribution in [-0.4, -0.2) is 17.3 Å². The number of ketones is 1. The zero-order chi connectivity index (χ0) is 13.2. The maximum absolute atomic E-state index is 12.8. The SMILES string of the molecule is O=C(c1ccc(F)cc1)c1csc(C2CCCN2)n1. The molecule has 1 saturated heterocycles. The molecule has 5 heteroatoms. The van der Waals surface area contributed by atoms with Gasteiger partial charge in [0.15, 0.2) is 0 Å². The number of rotatable bonds is 3. The lowest BCUT2D eigenvalue weighted by Gasteiger charge is -2.04. The molecular formula is C14H13FN2OS. The van der Waals surface area contributed by atoms with Crippen molar-refractivity contribution in [2.24, 2.45) is 0 Å². The van der Waals surface area contributed by atoms with E-state index >= 15 is 0 Å². The molecule has 1 atom stereocenters. The number of nitrogens with zero attached hydrogens (tertiary/aromatic N) is 1. The summed E-state index contributed by atoms with van der Waals surface area (Å²) in [6.45, 7) is 1.01. The fraction of sp³-hybridized carbons (Fsp3) is 0.286. The number of benzene rings is 1. The van der Waals surface area contributed by atoms with Crippen molar-refractivity contribution in [3.63, 3.8) is 0 Å². The van der Waals surface area contributed by atoms with Gasteiger partial charge in [-0.05, 0) is 43.7 Å². The molecule has 0 bridgehead atoms. The number of halogens is 1. The number of hydrogen-bond acceptors (Lipinski definition) is 4. The van der Waals surface area contributed by atoms with E-state index in [-0.39, 0.29) is 17.6 Å². The van der Waals surface area contributed by atoms with Gasteiger partial charge in [0.2, 0.25) is 5.78 Å². The minimum atomic E-state index is -0.342. The fourth-order valence-corrected chi connectivity index (χ4v) is 3.11. The normalized spacial score (nSPS) is 18.7. The van der Waals surface area contributed by atoms with Crippen LogP contribution in [0.25, 0.3) is 0 Å². The van der Waals surface area contributed by atoms with Crippen LogP contribution in [0.1, 0.15) is 39.9 Å². The summed E-state index contributed by atoms with van der Waals surface area (Å²) >= 11 is 1.50.